The van der Waals surface area contributed by atoms with Crippen LogP contribution in [0.2, 0.25) is 0 Å². The lowest BCUT2D eigenvalue weighted by molar-refractivity contribution is -0.146. The number of hydrogen-bond acceptors (Lipinski definition) is 2. The van der Waals surface area contributed by atoms with E-state index in [1.54, 1.807) is 0 Å². The molecule has 0 aromatic rings. The van der Waals surface area contributed by atoms with Crippen molar-refractivity contribution in [3.8, 4) is 0 Å². The van der Waals surface area contributed by atoms with Gasteiger partial charge in [-0.25, -0.2) is 0 Å². The van der Waals surface area contributed by atoms with Crippen LogP contribution in [0.5, 0.6) is 0 Å². The number of amides is 2. The molecule has 0 bridgehead atoms. The van der Waals surface area contributed by atoms with Gasteiger partial charge in [-0.2, -0.15) is 0 Å². The van der Waals surface area contributed by atoms with Gasteiger partial charge in [-0.15, -0.1) is 0 Å². The molecule has 0 spiro atoms. The van der Waals surface area contributed by atoms with E-state index in [9.17, 15) is 9.59 Å². The minimum atomic E-state index is -0.160. The highest BCUT2D eigenvalue weighted by Crippen LogP contribution is 2.30. The van der Waals surface area contributed by atoms with E-state index in [2.05, 4.69) is 0 Å². The Labute approximate surface area is 134 Å². The summed E-state index contributed by atoms with van der Waals surface area (Å²) in [4.78, 5) is 29.6. The largest absolute Gasteiger partial charge is 0.341 e. The molecule has 3 rings (SSSR count). The predicted molar refractivity (Wildman–Crippen MR) is 86.4 cm³/mol. The van der Waals surface area contributed by atoms with Crippen molar-refractivity contribution in [3.63, 3.8) is 0 Å². The first-order chi connectivity index (χ1) is 10.8. The molecule has 0 N–H and O–H groups in total. The maximum Gasteiger partial charge on any atom is 0.245 e. The van der Waals surface area contributed by atoms with Crippen molar-refractivity contribution in [2.45, 2.75) is 76.7 Å². The third-order valence-corrected chi connectivity index (χ3v) is 5.69. The normalized spacial score (nSPS) is 27.7. The molecule has 2 saturated heterocycles. The van der Waals surface area contributed by atoms with Crippen LogP contribution >= 0.6 is 0 Å². The van der Waals surface area contributed by atoms with Crippen LogP contribution in [0.25, 0.3) is 0 Å². The van der Waals surface area contributed by atoms with Gasteiger partial charge in [-0.3, -0.25) is 9.59 Å². The molecule has 1 atom stereocenters. The lowest BCUT2D eigenvalue weighted by atomic mass is 10.0. The van der Waals surface area contributed by atoms with Gasteiger partial charge >= 0.3 is 0 Å². The molecule has 0 aromatic carbocycles. The third kappa shape index (κ3) is 3.47. The summed E-state index contributed by atoms with van der Waals surface area (Å²) in [5, 5.41) is 0. The second kappa shape index (κ2) is 7.47. The highest BCUT2D eigenvalue weighted by molar-refractivity contribution is 5.89. The number of hydrogen-bond donors (Lipinski definition) is 0. The van der Waals surface area contributed by atoms with Crippen LogP contribution < -0.4 is 0 Å². The van der Waals surface area contributed by atoms with Crippen molar-refractivity contribution in [2.24, 2.45) is 5.92 Å². The van der Waals surface area contributed by atoms with E-state index >= 15 is 0 Å². The highest BCUT2D eigenvalue weighted by atomic mass is 16.2. The Morgan fingerprint density at radius 1 is 0.636 bits per heavy atom. The van der Waals surface area contributed by atoms with Gasteiger partial charge in [0.2, 0.25) is 11.8 Å². The number of rotatable bonds is 2. The molecule has 2 heterocycles. The Morgan fingerprint density at radius 3 is 1.95 bits per heavy atom. The van der Waals surface area contributed by atoms with E-state index < -0.39 is 0 Å². The molecule has 22 heavy (non-hydrogen) atoms. The minimum absolute atomic E-state index is 0.160. The molecule has 124 valence electrons. The molecular formula is C18H30N2O2. The molecule has 4 heteroatoms. The van der Waals surface area contributed by atoms with Gasteiger partial charge in [-0.1, -0.05) is 32.1 Å². The second-order valence-corrected chi connectivity index (χ2v) is 7.26. The van der Waals surface area contributed by atoms with Gasteiger partial charge in [0.05, 0.1) is 0 Å². The summed E-state index contributed by atoms with van der Waals surface area (Å²) in [7, 11) is 0. The molecule has 0 radical (unpaired) electrons. The summed E-state index contributed by atoms with van der Waals surface area (Å²) >= 11 is 0. The van der Waals surface area contributed by atoms with Crippen molar-refractivity contribution >= 4 is 11.8 Å². The molecule has 2 amide bonds. The summed E-state index contributed by atoms with van der Waals surface area (Å²) in [6.45, 7) is 2.57. The van der Waals surface area contributed by atoms with Gasteiger partial charge in [0.25, 0.3) is 0 Å². The van der Waals surface area contributed by atoms with Gasteiger partial charge in [-0.05, 0) is 38.5 Å². The molecule has 1 saturated carbocycles. The Balaban J connectivity index is 1.63. The van der Waals surface area contributed by atoms with Crippen molar-refractivity contribution < 1.29 is 9.59 Å². The quantitative estimate of drug-likeness (QED) is 0.787. The lowest BCUT2D eigenvalue weighted by Gasteiger charge is -2.32. The summed E-state index contributed by atoms with van der Waals surface area (Å²) < 4.78 is 0. The zero-order valence-corrected chi connectivity index (χ0v) is 13.8. The third-order valence-electron chi connectivity index (χ3n) is 5.69. The topological polar surface area (TPSA) is 40.6 Å². The number of nitrogens with zero attached hydrogens (tertiary/aromatic N) is 2. The van der Waals surface area contributed by atoms with Crippen LogP contribution in [-0.2, 0) is 9.59 Å². The molecular weight excluding hydrogens is 276 g/mol. The van der Waals surface area contributed by atoms with Crippen LogP contribution in [-0.4, -0.2) is 47.3 Å². The maximum absolute atomic E-state index is 12.9. The molecule has 2 aliphatic heterocycles. The Kier molecular flexibility index (Phi) is 5.37. The standard InChI is InChI=1S/C18H30N2O2/c21-17(15-9-4-5-10-15)20-14-8-11-16(20)18(22)19-12-6-2-1-3-7-13-19/h15-16H,1-14H2/t16-/m1/s1. The Hall–Kier alpha value is -1.06. The van der Waals surface area contributed by atoms with Crippen molar-refractivity contribution in [1.82, 2.24) is 9.80 Å². The van der Waals surface area contributed by atoms with Crippen LogP contribution in [0, 0.1) is 5.92 Å². The average molecular weight is 306 g/mol. The van der Waals surface area contributed by atoms with E-state index in [4.69, 9.17) is 0 Å². The van der Waals surface area contributed by atoms with Crippen molar-refractivity contribution in [2.75, 3.05) is 19.6 Å². The average Bonchev–Trinajstić information content (AvgIpc) is 3.17. The summed E-state index contributed by atoms with van der Waals surface area (Å²) in [5.41, 5.74) is 0. The van der Waals surface area contributed by atoms with Crippen LogP contribution in [0.15, 0.2) is 0 Å². The fourth-order valence-corrected chi connectivity index (χ4v) is 4.37. The van der Waals surface area contributed by atoms with E-state index in [1.807, 2.05) is 9.80 Å². The smallest absolute Gasteiger partial charge is 0.245 e. The fourth-order valence-electron chi connectivity index (χ4n) is 4.37. The minimum Gasteiger partial charge on any atom is -0.341 e. The van der Waals surface area contributed by atoms with Gasteiger partial charge in [0.15, 0.2) is 0 Å². The first-order valence-corrected chi connectivity index (χ1v) is 9.36. The van der Waals surface area contributed by atoms with Gasteiger partial charge in [0, 0.05) is 25.6 Å². The maximum atomic E-state index is 12.9. The Bertz CT molecular complexity index is 396. The molecule has 0 unspecified atom stereocenters. The number of likely N-dealkylation sites (tertiary alicyclic amines) is 2. The predicted octanol–water partition coefficient (Wildman–Crippen LogP) is 2.96. The lowest BCUT2D eigenvalue weighted by Crippen LogP contribution is -2.49. The van der Waals surface area contributed by atoms with E-state index in [0.717, 1.165) is 58.2 Å². The highest BCUT2D eigenvalue weighted by Gasteiger charge is 2.39. The van der Waals surface area contributed by atoms with Crippen LogP contribution in [0.4, 0.5) is 0 Å². The zero-order chi connectivity index (χ0) is 15.4. The fraction of sp³-hybridized carbons (Fsp3) is 0.889. The summed E-state index contributed by atoms with van der Waals surface area (Å²) in [6.07, 6.45) is 12.3. The van der Waals surface area contributed by atoms with Crippen LogP contribution in [0.1, 0.15) is 70.6 Å². The summed E-state index contributed by atoms with van der Waals surface area (Å²) in [6, 6.07) is -0.160. The van der Waals surface area contributed by atoms with Gasteiger partial charge in [0.1, 0.15) is 6.04 Å². The van der Waals surface area contributed by atoms with Crippen LogP contribution in [0.3, 0.4) is 0 Å². The molecule has 3 aliphatic rings. The zero-order valence-electron chi connectivity index (χ0n) is 13.8. The number of carbonyl (C=O) groups is 2. The Morgan fingerprint density at radius 2 is 1.27 bits per heavy atom. The van der Waals surface area contributed by atoms with Gasteiger partial charge < -0.3 is 9.80 Å². The van der Waals surface area contributed by atoms with E-state index in [1.165, 1.54) is 32.1 Å². The monoisotopic (exact) mass is 306 g/mol. The summed E-state index contributed by atoms with van der Waals surface area (Å²) in [5.74, 6) is 0.687. The molecule has 3 fully saturated rings. The molecule has 1 aliphatic carbocycles. The van der Waals surface area contributed by atoms with E-state index in [0.29, 0.717) is 0 Å². The van der Waals surface area contributed by atoms with Crippen molar-refractivity contribution in [3.05, 3.63) is 0 Å². The van der Waals surface area contributed by atoms with E-state index in [-0.39, 0.29) is 23.8 Å². The SMILES string of the molecule is O=C([C@H]1CCCN1C(=O)C1CCCC1)N1CCCCCCC1. The first kappa shape index (κ1) is 15.8. The molecule has 0 aromatic heterocycles. The van der Waals surface area contributed by atoms with Crippen molar-refractivity contribution in [1.29, 1.82) is 0 Å². The first-order valence-electron chi connectivity index (χ1n) is 9.36. The second-order valence-electron chi connectivity index (χ2n) is 7.26. The number of carbonyl (C=O) groups excluding carboxylic acids is 2. The molecule has 4 nitrogen and oxygen atoms in total.